The van der Waals surface area contributed by atoms with Crippen molar-refractivity contribution in [3.8, 4) is 0 Å². The van der Waals surface area contributed by atoms with Gasteiger partial charge in [-0.3, -0.25) is 4.90 Å². The van der Waals surface area contributed by atoms with Crippen LogP contribution in [-0.4, -0.2) is 23.7 Å². The van der Waals surface area contributed by atoms with Crippen LogP contribution in [0.15, 0.2) is 78.9 Å². The molecule has 1 aliphatic heterocycles. The van der Waals surface area contributed by atoms with Gasteiger partial charge in [-0.2, -0.15) is 0 Å². The summed E-state index contributed by atoms with van der Waals surface area (Å²) < 4.78 is 29.3. The van der Waals surface area contributed by atoms with Gasteiger partial charge in [0.1, 0.15) is 11.5 Å². The molecule has 1 aliphatic rings. The number of rotatable bonds is 6. The minimum atomic E-state index is -1.48. The highest BCUT2D eigenvalue weighted by atomic mass is 19.1. The maximum Gasteiger partial charge on any atom is 0.125 e. The van der Waals surface area contributed by atoms with Gasteiger partial charge in [0.2, 0.25) is 0 Å². The van der Waals surface area contributed by atoms with Crippen LogP contribution in [0.2, 0.25) is 0 Å². The van der Waals surface area contributed by atoms with Crippen LogP contribution in [0.3, 0.4) is 0 Å². The molecule has 0 aliphatic carbocycles. The molecule has 0 bridgehead atoms. The Morgan fingerprint density at radius 3 is 1.87 bits per heavy atom. The molecule has 3 aromatic rings. The van der Waals surface area contributed by atoms with Gasteiger partial charge in [0, 0.05) is 24.7 Å². The summed E-state index contributed by atoms with van der Waals surface area (Å²) in [6.45, 7) is 4.63. The number of benzene rings is 3. The van der Waals surface area contributed by atoms with Crippen LogP contribution >= 0.6 is 0 Å². The van der Waals surface area contributed by atoms with Crippen molar-refractivity contribution in [3.63, 3.8) is 0 Å². The first-order valence-corrected chi connectivity index (χ1v) is 10.4. The first-order valence-electron chi connectivity index (χ1n) is 10.4. The van der Waals surface area contributed by atoms with Gasteiger partial charge in [-0.1, -0.05) is 60.7 Å². The third kappa shape index (κ3) is 4.24. The smallest absolute Gasteiger partial charge is 0.125 e. The van der Waals surface area contributed by atoms with E-state index in [4.69, 9.17) is 5.73 Å². The summed E-state index contributed by atoms with van der Waals surface area (Å²) in [7, 11) is 0. The summed E-state index contributed by atoms with van der Waals surface area (Å²) in [6, 6.07) is 25.3. The highest BCUT2D eigenvalue weighted by molar-refractivity contribution is 5.44. The molecule has 1 atom stereocenters. The number of nitrogens with two attached hydrogens (primary N) is 1. The fourth-order valence-corrected chi connectivity index (χ4v) is 4.90. The lowest BCUT2D eigenvalue weighted by Gasteiger charge is -2.50. The molecule has 2 N–H and O–H groups in total. The molecule has 1 heterocycles. The van der Waals surface area contributed by atoms with E-state index in [2.05, 4.69) is 29.2 Å². The molecule has 1 fully saturated rings. The molecule has 0 radical (unpaired) electrons. The Morgan fingerprint density at radius 2 is 1.40 bits per heavy atom. The average molecular weight is 407 g/mol. The fraction of sp³-hybridized carbons (Fsp3) is 0.308. The standard InChI is InChI=1S/C26H28F2N2/c1-26(2,28)24(20-13-22(27)15-23(29)14-20)21-16-30(17-21)25(18-9-5-3-6-10-18)19-11-7-4-8-12-19/h3-15,21,24-25H,16-17,29H2,1-2H3. The van der Waals surface area contributed by atoms with Crippen molar-refractivity contribution in [2.75, 3.05) is 18.8 Å². The lowest BCUT2D eigenvalue weighted by atomic mass is 9.72. The van der Waals surface area contributed by atoms with Gasteiger partial charge in [-0.25, -0.2) is 8.78 Å². The summed E-state index contributed by atoms with van der Waals surface area (Å²) in [4.78, 5) is 2.37. The van der Waals surface area contributed by atoms with Gasteiger partial charge in [0.25, 0.3) is 0 Å². The van der Waals surface area contributed by atoms with Crippen LogP contribution in [-0.2, 0) is 0 Å². The summed E-state index contributed by atoms with van der Waals surface area (Å²) in [5.41, 5.74) is 7.78. The van der Waals surface area contributed by atoms with Gasteiger partial charge >= 0.3 is 0 Å². The molecular formula is C26H28F2N2. The molecule has 0 amide bonds. The van der Waals surface area contributed by atoms with E-state index in [0.29, 0.717) is 11.3 Å². The Morgan fingerprint density at radius 1 is 0.867 bits per heavy atom. The van der Waals surface area contributed by atoms with Gasteiger partial charge in [-0.15, -0.1) is 0 Å². The molecule has 1 unspecified atom stereocenters. The molecule has 1 saturated heterocycles. The topological polar surface area (TPSA) is 29.3 Å². The molecule has 0 aromatic heterocycles. The number of halogens is 2. The number of likely N-dealkylation sites (tertiary alicyclic amines) is 1. The Kier molecular flexibility index (Phi) is 5.61. The van der Waals surface area contributed by atoms with E-state index < -0.39 is 17.4 Å². The van der Waals surface area contributed by atoms with E-state index in [1.54, 1.807) is 19.9 Å². The van der Waals surface area contributed by atoms with E-state index >= 15 is 4.39 Å². The van der Waals surface area contributed by atoms with Crippen molar-refractivity contribution >= 4 is 5.69 Å². The number of hydrogen-bond donors (Lipinski definition) is 1. The predicted molar refractivity (Wildman–Crippen MR) is 119 cm³/mol. The van der Waals surface area contributed by atoms with Crippen LogP contribution in [0, 0.1) is 11.7 Å². The summed E-state index contributed by atoms with van der Waals surface area (Å²) in [5, 5.41) is 0. The molecule has 0 saturated carbocycles. The van der Waals surface area contributed by atoms with Crippen molar-refractivity contribution in [2.45, 2.75) is 31.5 Å². The van der Waals surface area contributed by atoms with Crippen LogP contribution in [0.5, 0.6) is 0 Å². The van der Waals surface area contributed by atoms with Crippen LogP contribution < -0.4 is 5.73 Å². The monoisotopic (exact) mass is 406 g/mol. The van der Waals surface area contributed by atoms with Gasteiger partial charge < -0.3 is 5.73 Å². The maximum atomic E-state index is 15.3. The number of alkyl halides is 1. The van der Waals surface area contributed by atoms with Crippen LogP contribution in [0.1, 0.15) is 42.5 Å². The first kappa shape index (κ1) is 20.5. The van der Waals surface area contributed by atoms with Crippen LogP contribution in [0.25, 0.3) is 0 Å². The van der Waals surface area contributed by atoms with Gasteiger partial charge in [0.15, 0.2) is 0 Å². The first-order chi connectivity index (χ1) is 14.3. The molecule has 2 nitrogen and oxygen atoms in total. The second kappa shape index (κ2) is 8.19. The third-order valence-electron chi connectivity index (χ3n) is 6.05. The zero-order chi connectivity index (χ0) is 21.3. The van der Waals surface area contributed by atoms with Crippen molar-refractivity contribution < 1.29 is 8.78 Å². The Bertz CT molecular complexity index is 917. The largest absolute Gasteiger partial charge is 0.399 e. The average Bonchev–Trinajstić information content (AvgIpc) is 2.66. The SMILES string of the molecule is CC(C)(F)C(c1cc(N)cc(F)c1)C1CN(C(c2ccccc2)c2ccccc2)C1. The number of hydrogen-bond acceptors (Lipinski definition) is 2. The minimum Gasteiger partial charge on any atom is -0.399 e. The minimum absolute atomic E-state index is 0.0844. The molecule has 0 spiro atoms. The summed E-state index contributed by atoms with van der Waals surface area (Å²) >= 11 is 0. The third-order valence-corrected chi connectivity index (χ3v) is 6.05. The van der Waals surface area contributed by atoms with Gasteiger partial charge in [0.05, 0.1) is 6.04 Å². The van der Waals surface area contributed by atoms with E-state index in [0.717, 1.165) is 13.1 Å². The lowest BCUT2D eigenvalue weighted by Crippen LogP contribution is -2.53. The molecule has 30 heavy (non-hydrogen) atoms. The maximum absolute atomic E-state index is 15.3. The fourth-order valence-electron chi connectivity index (χ4n) is 4.90. The second-order valence-electron chi connectivity index (χ2n) is 8.80. The normalized spacial score (nSPS) is 16.4. The van der Waals surface area contributed by atoms with Crippen LogP contribution in [0.4, 0.5) is 14.5 Å². The van der Waals surface area contributed by atoms with E-state index in [9.17, 15) is 4.39 Å². The Labute approximate surface area is 177 Å². The molecule has 4 rings (SSSR count). The van der Waals surface area contributed by atoms with E-state index in [1.807, 2.05) is 36.4 Å². The molecule has 4 heteroatoms. The zero-order valence-corrected chi connectivity index (χ0v) is 17.4. The quantitative estimate of drug-likeness (QED) is 0.512. The second-order valence-corrected chi connectivity index (χ2v) is 8.80. The van der Waals surface area contributed by atoms with Gasteiger partial charge in [-0.05, 0) is 54.7 Å². The van der Waals surface area contributed by atoms with E-state index in [-0.39, 0.29) is 12.0 Å². The van der Waals surface area contributed by atoms with E-state index in [1.165, 1.54) is 23.3 Å². The van der Waals surface area contributed by atoms with Crippen molar-refractivity contribution in [2.24, 2.45) is 5.92 Å². The number of anilines is 1. The highest BCUT2D eigenvalue weighted by Gasteiger charge is 2.45. The Hall–Kier alpha value is -2.72. The lowest BCUT2D eigenvalue weighted by molar-refractivity contribution is 0.00815. The molecular weight excluding hydrogens is 378 g/mol. The van der Waals surface area contributed by atoms with Crippen molar-refractivity contribution in [1.82, 2.24) is 4.90 Å². The highest BCUT2D eigenvalue weighted by Crippen LogP contribution is 2.45. The predicted octanol–water partition coefficient (Wildman–Crippen LogP) is 5.96. The summed E-state index contributed by atoms with van der Waals surface area (Å²) in [5.74, 6) is -0.748. The zero-order valence-electron chi connectivity index (χ0n) is 17.4. The number of nitrogen functional groups attached to an aromatic ring is 1. The van der Waals surface area contributed by atoms with Crippen molar-refractivity contribution in [1.29, 1.82) is 0 Å². The Balaban J connectivity index is 1.61. The molecule has 156 valence electrons. The number of nitrogens with zero attached hydrogens (tertiary/aromatic N) is 1. The summed E-state index contributed by atoms with van der Waals surface area (Å²) in [6.07, 6.45) is 0. The molecule has 3 aromatic carbocycles. The van der Waals surface area contributed by atoms with Crippen molar-refractivity contribution in [3.05, 3.63) is 101 Å².